The summed E-state index contributed by atoms with van der Waals surface area (Å²) < 4.78 is 38.6. The van der Waals surface area contributed by atoms with Crippen LogP contribution in [0.1, 0.15) is 5.56 Å². The molecule has 2 N–H and O–H groups in total. The summed E-state index contributed by atoms with van der Waals surface area (Å²) >= 11 is 0. The predicted molar refractivity (Wildman–Crippen MR) is 104 cm³/mol. The number of ether oxygens (including phenoxy) is 2. The Labute approximate surface area is 162 Å². The zero-order valence-electron chi connectivity index (χ0n) is 14.8. The lowest BCUT2D eigenvalue weighted by Gasteiger charge is -2.19. The molecule has 0 bridgehead atoms. The first-order chi connectivity index (χ1) is 13.6. The first kappa shape index (κ1) is 18.1. The van der Waals surface area contributed by atoms with Gasteiger partial charge >= 0.3 is 0 Å². The summed E-state index contributed by atoms with van der Waals surface area (Å²) in [5, 5.41) is 3.16. The zero-order chi connectivity index (χ0) is 19.4. The van der Waals surface area contributed by atoms with Crippen molar-refractivity contribution < 1.29 is 17.9 Å². The van der Waals surface area contributed by atoms with Crippen molar-refractivity contribution in [1.29, 1.82) is 0 Å². The first-order valence-electron chi connectivity index (χ1n) is 8.61. The van der Waals surface area contributed by atoms with Gasteiger partial charge < -0.3 is 14.8 Å². The van der Waals surface area contributed by atoms with E-state index in [-0.39, 0.29) is 4.90 Å². The van der Waals surface area contributed by atoms with E-state index in [1.165, 1.54) is 18.3 Å². The molecule has 0 unspecified atom stereocenters. The van der Waals surface area contributed by atoms with E-state index in [0.717, 1.165) is 5.56 Å². The van der Waals surface area contributed by atoms with Crippen molar-refractivity contribution in [3.05, 3.63) is 66.6 Å². The Morgan fingerprint density at radius 2 is 1.86 bits per heavy atom. The molecule has 0 atom stereocenters. The molecule has 9 heteroatoms. The average molecular weight is 398 g/mol. The lowest BCUT2D eigenvalue weighted by molar-refractivity contribution is 0.171. The highest BCUT2D eigenvalue weighted by molar-refractivity contribution is 7.92. The predicted octanol–water partition coefficient (Wildman–Crippen LogP) is 2.66. The Balaban J connectivity index is 1.43. The molecule has 4 rings (SSSR count). The molecule has 2 aromatic heterocycles. The van der Waals surface area contributed by atoms with Crippen LogP contribution >= 0.6 is 0 Å². The lowest BCUT2D eigenvalue weighted by Crippen LogP contribution is -2.17. The molecule has 3 aromatic rings. The molecule has 0 saturated heterocycles. The van der Waals surface area contributed by atoms with Crippen LogP contribution in [-0.2, 0) is 16.6 Å². The molecule has 0 aliphatic carbocycles. The normalized spacial score (nSPS) is 13.0. The topological polar surface area (TPSA) is 102 Å². The van der Waals surface area contributed by atoms with E-state index < -0.39 is 10.0 Å². The van der Waals surface area contributed by atoms with Crippen LogP contribution in [0.3, 0.4) is 0 Å². The third-order valence-corrected chi connectivity index (χ3v) is 5.42. The van der Waals surface area contributed by atoms with Crippen LogP contribution < -0.4 is 19.5 Å². The van der Waals surface area contributed by atoms with Crippen molar-refractivity contribution in [3.8, 4) is 11.5 Å². The van der Waals surface area contributed by atoms with E-state index in [2.05, 4.69) is 20.0 Å². The summed E-state index contributed by atoms with van der Waals surface area (Å²) in [5.41, 5.74) is 1.38. The Hall–Kier alpha value is -3.33. The van der Waals surface area contributed by atoms with Crippen LogP contribution in [0, 0.1) is 0 Å². The molecule has 144 valence electrons. The van der Waals surface area contributed by atoms with Crippen molar-refractivity contribution in [2.45, 2.75) is 11.4 Å². The zero-order valence-corrected chi connectivity index (χ0v) is 15.6. The summed E-state index contributed by atoms with van der Waals surface area (Å²) in [6, 6.07) is 11.7. The number of fused-ring (bicyclic) bond motifs is 1. The Bertz CT molecular complexity index is 1060. The molecule has 28 heavy (non-hydrogen) atoms. The standard InChI is InChI=1S/C19H18N4O4S/c24-28(25,16-4-5-17-18(10-16)27-9-8-26-17)23-15-3-6-19(22-13-15)21-12-14-2-1-7-20-11-14/h1-7,10-11,13,23H,8-9,12H2,(H,21,22). The number of pyridine rings is 2. The quantitative estimate of drug-likeness (QED) is 0.658. The maximum Gasteiger partial charge on any atom is 0.262 e. The number of hydrogen-bond donors (Lipinski definition) is 2. The van der Waals surface area contributed by atoms with Crippen LogP contribution in [-0.4, -0.2) is 31.6 Å². The van der Waals surface area contributed by atoms with Crippen molar-refractivity contribution in [3.63, 3.8) is 0 Å². The minimum Gasteiger partial charge on any atom is -0.486 e. The van der Waals surface area contributed by atoms with Gasteiger partial charge in [-0.2, -0.15) is 0 Å². The Morgan fingerprint density at radius 1 is 1.00 bits per heavy atom. The highest BCUT2D eigenvalue weighted by Gasteiger charge is 2.19. The van der Waals surface area contributed by atoms with Gasteiger partial charge in [-0.15, -0.1) is 0 Å². The fraction of sp³-hybridized carbons (Fsp3) is 0.158. The van der Waals surface area contributed by atoms with Gasteiger partial charge in [-0.1, -0.05) is 6.07 Å². The number of anilines is 2. The van der Waals surface area contributed by atoms with Crippen LogP contribution in [0.25, 0.3) is 0 Å². The van der Waals surface area contributed by atoms with Gasteiger partial charge in [0.05, 0.1) is 16.8 Å². The fourth-order valence-corrected chi connectivity index (χ4v) is 3.72. The summed E-state index contributed by atoms with van der Waals surface area (Å²) in [4.78, 5) is 8.38. The largest absolute Gasteiger partial charge is 0.486 e. The molecule has 0 saturated carbocycles. The summed E-state index contributed by atoms with van der Waals surface area (Å²) in [5.74, 6) is 1.59. The molecule has 1 aromatic carbocycles. The fourth-order valence-electron chi connectivity index (χ4n) is 2.66. The molecule has 8 nitrogen and oxygen atoms in total. The van der Waals surface area contributed by atoms with Crippen molar-refractivity contribution in [2.24, 2.45) is 0 Å². The van der Waals surface area contributed by atoms with Gasteiger partial charge in [0, 0.05) is 25.0 Å². The third-order valence-electron chi connectivity index (χ3n) is 4.04. The molecular formula is C19H18N4O4S. The minimum atomic E-state index is -3.77. The van der Waals surface area contributed by atoms with Crippen LogP contribution in [0.2, 0.25) is 0 Å². The molecule has 0 radical (unpaired) electrons. The van der Waals surface area contributed by atoms with Gasteiger partial charge in [0.15, 0.2) is 11.5 Å². The number of hydrogen-bond acceptors (Lipinski definition) is 7. The lowest BCUT2D eigenvalue weighted by atomic mass is 10.3. The van der Waals surface area contributed by atoms with Crippen LogP contribution in [0.4, 0.5) is 11.5 Å². The number of nitrogens with zero attached hydrogens (tertiary/aromatic N) is 2. The molecule has 0 amide bonds. The maximum atomic E-state index is 12.6. The van der Waals surface area contributed by atoms with Gasteiger partial charge in [0.25, 0.3) is 10.0 Å². The van der Waals surface area contributed by atoms with Crippen molar-refractivity contribution in [2.75, 3.05) is 23.3 Å². The number of benzene rings is 1. The van der Waals surface area contributed by atoms with Gasteiger partial charge in [-0.3, -0.25) is 9.71 Å². The van der Waals surface area contributed by atoms with Crippen molar-refractivity contribution in [1.82, 2.24) is 9.97 Å². The van der Waals surface area contributed by atoms with Gasteiger partial charge in [-0.25, -0.2) is 13.4 Å². The van der Waals surface area contributed by atoms with E-state index >= 15 is 0 Å². The smallest absolute Gasteiger partial charge is 0.262 e. The number of nitrogens with one attached hydrogen (secondary N) is 2. The maximum absolute atomic E-state index is 12.6. The van der Waals surface area contributed by atoms with Gasteiger partial charge in [0.2, 0.25) is 0 Å². The van der Waals surface area contributed by atoms with E-state index in [0.29, 0.717) is 42.8 Å². The highest BCUT2D eigenvalue weighted by Crippen LogP contribution is 2.32. The Kier molecular flexibility index (Phi) is 4.98. The van der Waals surface area contributed by atoms with E-state index in [9.17, 15) is 8.42 Å². The van der Waals surface area contributed by atoms with E-state index in [1.807, 2.05) is 12.1 Å². The SMILES string of the molecule is O=S(=O)(Nc1ccc(NCc2cccnc2)nc1)c1ccc2c(c1)OCCO2. The second kappa shape index (κ2) is 7.73. The molecular weight excluding hydrogens is 380 g/mol. The monoisotopic (exact) mass is 398 g/mol. The summed E-state index contributed by atoms with van der Waals surface area (Å²) in [6.45, 7) is 1.41. The van der Waals surface area contributed by atoms with Gasteiger partial charge in [-0.05, 0) is 35.9 Å². The Morgan fingerprint density at radius 3 is 2.61 bits per heavy atom. The van der Waals surface area contributed by atoms with Crippen LogP contribution in [0.15, 0.2) is 66.0 Å². The third kappa shape index (κ3) is 4.15. The second-order valence-corrected chi connectivity index (χ2v) is 7.74. The molecule has 0 fully saturated rings. The molecule has 1 aliphatic heterocycles. The summed E-state index contributed by atoms with van der Waals surface area (Å²) in [6.07, 6.45) is 4.94. The van der Waals surface area contributed by atoms with E-state index in [4.69, 9.17) is 9.47 Å². The summed E-state index contributed by atoms with van der Waals surface area (Å²) in [7, 11) is -3.77. The minimum absolute atomic E-state index is 0.0931. The number of rotatable bonds is 6. The molecule has 0 spiro atoms. The number of sulfonamides is 1. The van der Waals surface area contributed by atoms with Gasteiger partial charge in [0.1, 0.15) is 19.0 Å². The van der Waals surface area contributed by atoms with E-state index in [1.54, 1.807) is 30.6 Å². The highest BCUT2D eigenvalue weighted by atomic mass is 32.2. The average Bonchev–Trinajstić information content (AvgIpc) is 2.73. The number of aromatic nitrogens is 2. The molecule has 3 heterocycles. The van der Waals surface area contributed by atoms with Crippen molar-refractivity contribution >= 4 is 21.5 Å². The molecule has 1 aliphatic rings. The van der Waals surface area contributed by atoms with Crippen LogP contribution in [0.5, 0.6) is 11.5 Å². The second-order valence-electron chi connectivity index (χ2n) is 6.06. The first-order valence-corrected chi connectivity index (χ1v) is 10.1.